The van der Waals surface area contributed by atoms with Gasteiger partial charge in [-0.15, -0.1) is 0 Å². The van der Waals surface area contributed by atoms with Crippen molar-refractivity contribution in [2.45, 2.75) is 72.6 Å². The number of carbonyl (C=O) groups is 2. The molecule has 0 radical (unpaired) electrons. The van der Waals surface area contributed by atoms with Gasteiger partial charge in [0.2, 0.25) is 0 Å². The first-order chi connectivity index (χ1) is 14.1. The lowest BCUT2D eigenvalue weighted by atomic mass is 9.78. The van der Waals surface area contributed by atoms with E-state index in [9.17, 15) is 19.3 Å². The molecule has 0 fully saturated rings. The van der Waals surface area contributed by atoms with Crippen molar-refractivity contribution in [3.8, 4) is 5.75 Å². The normalized spacial score (nSPS) is 13.0. The number of allylic oxidation sites excluding steroid dienone is 1. The summed E-state index contributed by atoms with van der Waals surface area (Å²) in [6, 6.07) is 3.71. The molecule has 0 saturated carbocycles. The number of aromatic hydroxyl groups is 1. The second-order valence-electron chi connectivity index (χ2n) is 9.58. The molecule has 1 aromatic carbocycles. The van der Waals surface area contributed by atoms with Crippen molar-refractivity contribution in [3.63, 3.8) is 0 Å². The SMILES string of the molecule is CCOP(=O)(CC(=O)CC(=O)/C=C/c1cc(C(C)(C)C)c(O)c(C(C)(C)C)c1)OCC. The van der Waals surface area contributed by atoms with Crippen molar-refractivity contribution in [2.75, 3.05) is 19.4 Å². The molecule has 7 heteroatoms. The summed E-state index contributed by atoms with van der Waals surface area (Å²) in [5, 5.41) is 10.8. The summed E-state index contributed by atoms with van der Waals surface area (Å²) in [5.74, 6) is -0.621. The van der Waals surface area contributed by atoms with Crippen LogP contribution in [-0.2, 0) is 34.0 Å². The van der Waals surface area contributed by atoms with Crippen molar-refractivity contribution in [1.29, 1.82) is 0 Å². The maximum Gasteiger partial charge on any atom is 0.338 e. The fourth-order valence-corrected chi connectivity index (χ4v) is 4.72. The van der Waals surface area contributed by atoms with Gasteiger partial charge >= 0.3 is 7.60 Å². The third-order valence-corrected chi connectivity index (χ3v) is 6.65. The third kappa shape index (κ3) is 8.36. The quantitative estimate of drug-likeness (QED) is 0.274. The molecule has 0 amide bonds. The molecule has 0 bridgehead atoms. The summed E-state index contributed by atoms with van der Waals surface area (Å²) in [6.45, 7) is 15.7. The van der Waals surface area contributed by atoms with Crippen molar-refractivity contribution in [3.05, 3.63) is 34.9 Å². The first-order valence-electron chi connectivity index (χ1n) is 10.6. The molecular weight excluding hydrogens is 415 g/mol. The van der Waals surface area contributed by atoms with Gasteiger partial charge in [0.15, 0.2) is 11.6 Å². The van der Waals surface area contributed by atoms with E-state index >= 15 is 0 Å². The number of ketones is 2. The Morgan fingerprint density at radius 2 is 1.42 bits per heavy atom. The van der Waals surface area contributed by atoms with Crippen LogP contribution in [0.2, 0.25) is 0 Å². The number of hydrogen-bond acceptors (Lipinski definition) is 6. The highest BCUT2D eigenvalue weighted by Crippen LogP contribution is 2.48. The summed E-state index contributed by atoms with van der Waals surface area (Å²) < 4.78 is 22.7. The molecule has 6 nitrogen and oxygen atoms in total. The summed E-state index contributed by atoms with van der Waals surface area (Å²) >= 11 is 0. The van der Waals surface area contributed by atoms with Crippen molar-refractivity contribution in [2.24, 2.45) is 0 Å². The average Bonchev–Trinajstić information content (AvgIpc) is 2.58. The first-order valence-corrected chi connectivity index (χ1v) is 12.3. The van der Waals surface area contributed by atoms with Crippen molar-refractivity contribution < 1.29 is 28.3 Å². The molecule has 0 unspecified atom stereocenters. The van der Waals surface area contributed by atoms with Gasteiger partial charge in [0.25, 0.3) is 0 Å². The Balaban J connectivity index is 3.07. The highest BCUT2D eigenvalue weighted by Gasteiger charge is 2.28. The minimum atomic E-state index is -3.52. The van der Waals surface area contributed by atoms with Crippen molar-refractivity contribution in [1.82, 2.24) is 0 Å². The average molecular weight is 453 g/mol. The predicted molar refractivity (Wildman–Crippen MR) is 125 cm³/mol. The zero-order valence-corrected chi connectivity index (χ0v) is 21.0. The summed E-state index contributed by atoms with van der Waals surface area (Å²) in [7, 11) is -3.52. The molecule has 0 heterocycles. The zero-order valence-electron chi connectivity index (χ0n) is 20.1. The van der Waals surface area contributed by atoms with E-state index in [4.69, 9.17) is 9.05 Å². The van der Waals surface area contributed by atoms with Crippen LogP contribution in [0.15, 0.2) is 18.2 Å². The van der Waals surface area contributed by atoms with Gasteiger partial charge in [-0.05, 0) is 48.4 Å². The molecule has 1 aromatic rings. The van der Waals surface area contributed by atoms with E-state index in [1.807, 2.05) is 53.7 Å². The number of rotatable bonds is 10. The Hall–Kier alpha value is -1.75. The Morgan fingerprint density at radius 3 is 1.81 bits per heavy atom. The Morgan fingerprint density at radius 1 is 0.968 bits per heavy atom. The minimum Gasteiger partial charge on any atom is -0.507 e. The van der Waals surface area contributed by atoms with Crippen LogP contribution >= 0.6 is 7.60 Å². The smallest absolute Gasteiger partial charge is 0.338 e. The van der Waals surface area contributed by atoms with Crippen molar-refractivity contribution >= 4 is 25.2 Å². The van der Waals surface area contributed by atoms with Crippen LogP contribution in [0.1, 0.15) is 78.5 Å². The lowest BCUT2D eigenvalue weighted by Crippen LogP contribution is -2.17. The van der Waals surface area contributed by atoms with E-state index in [1.165, 1.54) is 6.08 Å². The summed E-state index contributed by atoms with van der Waals surface area (Å²) in [5.41, 5.74) is 1.78. The second-order valence-corrected chi connectivity index (χ2v) is 11.6. The Kier molecular flexibility index (Phi) is 9.43. The van der Waals surface area contributed by atoms with Crippen LogP contribution < -0.4 is 0 Å². The third-order valence-electron chi connectivity index (χ3n) is 4.60. The van der Waals surface area contributed by atoms with Gasteiger partial charge in [0.05, 0.1) is 19.6 Å². The second kappa shape index (κ2) is 10.7. The fourth-order valence-electron chi connectivity index (χ4n) is 3.13. The molecule has 0 spiro atoms. The topological polar surface area (TPSA) is 89.9 Å². The van der Waals surface area contributed by atoms with Gasteiger partial charge in [0, 0.05) is 11.1 Å². The van der Waals surface area contributed by atoms with E-state index in [0.29, 0.717) is 0 Å². The zero-order chi connectivity index (χ0) is 24.0. The molecule has 0 aliphatic carbocycles. The summed E-state index contributed by atoms with van der Waals surface area (Å²) in [6.07, 6.45) is 2.19. The van der Waals surface area contributed by atoms with Gasteiger partial charge in [-0.25, -0.2) is 0 Å². The Bertz CT molecular complexity index is 826. The molecular formula is C24H37O6P. The van der Waals surface area contributed by atoms with Gasteiger partial charge in [0.1, 0.15) is 11.9 Å². The maximum atomic E-state index is 12.5. The number of phenols is 1. The van der Waals surface area contributed by atoms with Gasteiger partial charge in [-0.1, -0.05) is 47.6 Å². The minimum absolute atomic E-state index is 0.158. The van der Waals surface area contributed by atoms with Gasteiger partial charge < -0.3 is 14.2 Å². The lowest BCUT2D eigenvalue weighted by molar-refractivity contribution is -0.123. The molecule has 0 aromatic heterocycles. The molecule has 0 aliphatic rings. The molecule has 1 rings (SSSR count). The first kappa shape index (κ1) is 27.3. The largest absolute Gasteiger partial charge is 0.507 e. The molecule has 0 saturated heterocycles. The number of benzene rings is 1. The number of Topliss-reactive ketones (excluding diaryl/α,β-unsaturated/α-hetero) is 1. The van der Waals surface area contributed by atoms with Crippen LogP contribution in [0.4, 0.5) is 0 Å². The van der Waals surface area contributed by atoms with Gasteiger partial charge in [-0.3, -0.25) is 14.2 Å². The van der Waals surface area contributed by atoms with E-state index < -0.39 is 25.3 Å². The van der Waals surface area contributed by atoms with Gasteiger partial charge in [-0.2, -0.15) is 0 Å². The van der Waals surface area contributed by atoms with Crippen LogP contribution in [0.5, 0.6) is 5.75 Å². The number of phenolic OH excluding ortho intramolecular Hbond substituents is 1. The molecule has 0 atom stereocenters. The maximum absolute atomic E-state index is 12.5. The standard InChI is InChI=1S/C24H37O6P/c1-9-29-31(28,30-10-2)16-19(26)15-18(25)12-11-17-13-20(23(3,4)5)22(27)21(14-17)24(6,7)8/h11-14,27H,9-10,15-16H2,1-8H3/b12-11+. The molecule has 1 N–H and O–H groups in total. The van der Waals surface area contributed by atoms with Crippen LogP contribution in [0.3, 0.4) is 0 Å². The van der Waals surface area contributed by atoms with E-state index in [-0.39, 0.29) is 36.2 Å². The van der Waals surface area contributed by atoms with Crippen LogP contribution in [0, 0.1) is 0 Å². The number of carbonyl (C=O) groups excluding carboxylic acids is 2. The number of hydrogen-bond donors (Lipinski definition) is 1. The van der Waals surface area contributed by atoms with Crippen LogP contribution in [-0.4, -0.2) is 36.0 Å². The fraction of sp³-hybridized carbons (Fsp3) is 0.583. The highest BCUT2D eigenvalue weighted by atomic mass is 31.2. The highest BCUT2D eigenvalue weighted by molar-refractivity contribution is 7.54. The van der Waals surface area contributed by atoms with Crippen LogP contribution in [0.25, 0.3) is 6.08 Å². The molecule has 174 valence electrons. The predicted octanol–water partition coefficient (Wildman–Crippen LogP) is 5.79. The summed E-state index contributed by atoms with van der Waals surface area (Å²) in [4.78, 5) is 24.6. The van der Waals surface area contributed by atoms with E-state index in [0.717, 1.165) is 16.7 Å². The van der Waals surface area contributed by atoms with E-state index in [1.54, 1.807) is 19.9 Å². The molecule has 31 heavy (non-hydrogen) atoms. The van der Waals surface area contributed by atoms with E-state index in [2.05, 4.69) is 0 Å². The Labute approximate surface area is 186 Å². The lowest BCUT2D eigenvalue weighted by Gasteiger charge is -2.27. The monoisotopic (exact) mass is 452 g/mol. The molecule has 0 aliphatic heterocycles.